The predicted molar refractivity (Wildman–Crippen MR) is 104 cm³/mol. The maximum Gasteiger partial charge on any atom is 0.233 e. The van der Waals surface area contributed by atoms with Gasteiger partial charge in [0.25, 0.3) is 0 Å². The first-order chi connectivity index (χ1) is 12.5. The number of carbonyl (C=O) groups is 1. The molecule has 140 valence electrons. The van der Waals surface area contributed by atoms with E-state index in [4.69, 9.17) is 0 Å². The van der Waals surface area contributed by atoms with Crippen molar-refractivity contribution in [2.24, 2.45) is 5.92 Å². The fraction of sp³-hybridized carbons (Fsp3) is 0.579. The highest BCUT2D eigenvalue weighted by Gasteiger charge is 2.26. The van der Waals surface area contributed by atoms with E-state index in [-0.39, 0.29) is 17.2 Å². The van der Waals surface area contributed by atoms with Crippen LogP contribution in [-0.2, 0) is 4.79 Å². The van der Waals surface area contributed by atoms with Crippen LogP contribution >= 0.6 is 11.8 Å². The van der Waals surface area contributed by atoms with Gasteiger partial charge in [0.1, 0.15) is 0 Å². The molecular formula is C19H27N5OS. The molecule has 3 rings (SSSR count). The molecule has 1 aliphatic rings. The third-order valence-electron chi connectivity index (χ3n) is 5.12. The van der Waals surface area contributed by atoms with Gasteiger partial charge in [-0.1, -0.05) is 43.7 Å². The van der Waals surface area contributed by atoms with Crippen LogP contribution in [0.25, 0.3) is 5.69 Å². The molecule has 1 amide bonds. The fourth-order valence-electron chi connectivity index (χ4n) is 3.39. The van der Waals surface area contributed by atoms with Crippen LogP contribution in [0.2, 0.25) is 0 Å². The van der Waals surface area contributed by atoms with Crippen LogP contribution in [-0.4, -0.2) is 37.4 Å². The molecule has 1 aromatic heterocycles. The lowest BCUT2D eigenvalue weighted by Gasteiger charge is -2.30. The zero-order valence-corrected chi connectivity index (χ0v) is 16.7. The van der Waals surface area contributed by atoms with Crippen LogP contribution in [0.1, 0.15) is 50.7 Å². The Morgan fingerprint density at radius 1 is 1.31 bits per heavy atom. The molecule has 0 bridgehead atoms. The minimum Gasteiger partial charge on any atom is -0.352 e. The molecule has 0 saturated heterocycles. The number of hydrogen-bond donors (Lipinski definition) is 1. The number of aryl methyl sites for hydroxylation is 2. The number of tetrazole rings is 1. The van der Waals surface area contributed by atoms with Gasteiger partial charge in [0.15, 0.2) is 0 Å². The summed E-state index contributed by atoms with van der Waals surface area (Å²) in [5, 5.41) is 15.7. The highest BCUT2D eigenvalue weighted by Crippen LogP contribution is 2.27. The van der Waals surface area contributed by atoms with Crippen LogP contribution in [0.5, 0.6) is 0 Å². The predicted octanol–water partition coefficient (Wildman–Crippen LogP) is 3.45. The van der Waals surface area contributed by atoms with Gasteiger partial charge in [-0.15, -0.1) is 5.10 Å². The van der Waals surface area contributed by atoms with Crippen molar-refractivity contribution in [1.82, 2.24) is 25.5 Å². The Kier molecular flexibility index (Phi) is 5.96. The van der Waals surface area contributed by atoms with Gasteiger partial charge in [0, 0.05) is 6.04 Å². The first kappa shape index (κ1) is 18.9. The van der Waals surface area contributed by atoms with E-state index in [9.17, 15) is 4.79 Å². The number of hydrogen-bond acceptors (Lipinski definition) is 5. The second-order valence-corrected chi connectivity index (χ2v) is 8.61. The van der Waals surface area contributed by atoms with Crippen molar-refractivity contribution < 1.29 is 4.79 Å². The van der Waals surface area contributed by atoms with Crippen LogP contribution < -0.4 is 5.32 Å². The maximum atomic E-state index is 12.6. The molecule has 2 aromatic rings. The monoisotopic (exact) mass is 373 g/mol. The number of nitrogens with one attached hydrogen (secondary N) is 1. The molecule has 6 nitrogen and oxygen atoms in total. The molecule has 3 atom stereocenters. The Balaban J connectivity index is 1.70. The molecule has 7 heteroatoms. The van der Waals surface area contributed by atoms with Crippen LogP contribution in [0.15, 0.2) is 23.4 Å². The molecule has 26 heavy (non-hydrogen) atoms. The molecule has 0 unspecified atom stereocenters. The summed E-state index contributed by atoms with van der Waals surface area (Å²) in [5.74, 6) is 0.606. The minimum atomic E-state index is -0.251. The number of carbonyl (C=O) groups excluding carboxylic acids is 1. The number of nitrogens with zero attached hydrogens (tertiary/aromatic N) is 4. The standard InChI is InChI=1S/C19H27N5OS/c1-12-9-10-14(3)17(11-12)24-19(21-22-23-24)26-15(4)18(25)20-16-8-6-5-7-13(16)2/h9-11,13,15-16H,5-8H2,1-4H3,(H,20,25)/t13-,15-,16+/m0/s1. The lowest BCUT2D eigenvalue weighted by atomic mass is 9.86. The van der Waals surface area contributed by atoms with E-state index < -0.39 is 0 Å². The first-order valence-electron chi connectivity index (χ1n) is 9.28. The summed E-state index contributed by atoms with van der Waals surface area (Å²) >= 11 is 1.40. The third-order valence-corrected chi connectivity index (χ3v) is 6.16. The molecule has 1 saturated carbocycles. The molecular weight excluding hydrogens is 346 g/mol. The Bertz CT molecular complexity index is 775. The second kappa shape index (κ2) is 8.20. The van der Waals surface area contributed by atoms with Gasteiger partial charge < -0.3 is 5.32 Å². The van der Waals surface area contributed by atoms with Gasteiger partial charge in [-0.05, 0) is 67.2 Å². The summed E-state index contributed by atoms with van der Waals surface area (Å²) in [4.78, 5) is 12.6. The highest BCUT2D eigenvalue weighted by molar-refractivity contribution is 8.00. The molecule has 1 heterocycles. The Morgan fingerprint density at radius 2 is 2.08 bits per heavy atom. The molecule has 0 aliphatic heterocycles. The summed E-state index contributed by atoms with van der Waals surface area (Å²) in [6.45, 7) is 8.21. The summed E-state index contributed by atoms with van der Waals surface area (Å²) in [6.07, 6.45) is 4.73. The Hall–Kier alpha value is -1.89. The summed E-state index contributed by atoms with van der Waals surface area (Å²) in [5.41, 5.74) is 3.19. The van der Waals surface area contributed by atoms with Gasteiger partial charge in [-0.25, -0.2) is 0 Å². The van der Waals surface area contributed by atoms with Gasteiger partial charge in [0.05, 0.1) is 10.9 Å². The summed E-state index contributed by atoms with van der Waals surface area (Å²) in [7, 11) is 0. The Morgan fingerprint density at radius 3 is 2.85 bits per heavy atom. The summed E-state index contributed by atoms with van der Waals surface area (Å²) in [6, 6.07) is 6.47. The van der Waals surface area contributed by atoms with Crippen molar-refractivity contribution in [2.45, 2.75) is 69.8 Å². The molecule has 1 aliphatic carbocycles. The zero-order chi connectivity index (χ0) is 18.7. The van der Waals surface area contributed by atoms with E-state index in [0.29, 0.717) is 11.1 Å². The molecule has 1 N–H and O–H groups in total. The Labute approximate surface area is 159 Å². The van der Waals surface area contributed by atoms with Crippen molar-refractivity contribution in [3.8, 4) is 5.69 Å². The van der Waals surface area contributed by atoms with Crippen molar-refractivity contribution in [3.05, 3.63) is 29.3 Å². The van der Waals surface area contributed by atoms with E-state index in [1.165, 1.54) is 31.0 Å². The number of thioether (sulfide) groups is 1. The van der Waals surface area contributed by atoms with E-state index >= 15 is 0 Å². The van der Waals surface area contributed by atoms with E-state index in [0.717, 1.165) is 23.2 Å². The number of rotatable bonds is 5. The smallest absolute Gasteiger partial charge is 0.233 e. The van der Waals surface area contributed by atoms with Crippen molar-refractivity contribution in [3.63, 3.8) is 0 Å². The van der Waals surface area contributed by atoms with E-state index in [1.807, 2.05) is 20.8 Å². The largest absolute Gasteiger partial charge is 0.352 e. The van der Waals surface area contributed by atoms with Gasteiger partial charge in [-0.3, -0.25) is 4.79 Å². The quantitative estimate of drug-likeness (QED) is 0.813. The normalized spacial score (nSPS) is 21.4. The van der Waals surface area contributed by atoms with Crippen LogP contribution in [0, 0.1) is 19.8 Å². The average Bonchev–Trinajstić information content (AvgIpc) is 3.07. The van der Waals surface area contributed by atoms with Gasteiger partial charge in [-0.2, -0.15) is 4.68 Å². The lowest BCUT2D eigenvalue weighted by Crippen LogP contribution is -2.44. The van der Waals surface area contributed by atoms with Crippen molar-refractivity contribution in [2.75, 3.05) is 0 Å². The van der Waals surface area contributed by atoms with E-state index in [2.05, 4.69) is 46.0 Å². The number of benzene rings is 1. The van der Waals surface area contributed by atoms with Gasteiger partial charge >= 0.3 is 0 Å². The third kappa shape index (κ3) is 4.26. The molecule has 1 aromatic carbocycles. The maximum absolute atomic E-state index is 12.6. The average molecular weight is 374 g/mol. The number of aromatic nitrogens is 4. The minimum absolute atomic E-state index is 0.0595. The SMILES string of the molecule is Cc1ccc(C)c(-n2nnnc2S[C@@H](C)C(=O)N[C@@H]2CCCC[C@@H]2C)c1. The lowest BCUT2D eigenvalue weighted by molar-refractivity contribution is -0.121. The topological polar surface area (TPSA) is 72.7 Å². The molecule has 0 radical (unpaired) electrons. The highest BCUT2D eigenvalue weighted by atomic mass is 32.2. The molecule has 0 spiro atoms. The van der Waals surface area contributed by atoms with Gasteiger partial charge in [0.2, 0.25) is 11.1 Å². The summed E-state index contributed by atoms with van der Waals surface area (Å²) < 4.78 is 1.72. The second-order valence-electron chi connectivity index (χ2n) is 7.30. The van der Waals surface area contributed by atoms with E-state index in [1.54, 1.807) is 4.68 Å². The van der Waals surface area contributed by atoms with Crippen LogP contribution in [0.4, 0.5) is 0 Å². The van der Waals surface area contributed by atoms with Crippen LogP contribution in [0.3, 0.4) is 0 Å². The zero-order valence-electron chi connectivity index (χ0n) is 15.9. The van der Waals surface area contributed by atoms with Crippen molar-refractivity contribution >= 4 is 17.7 Å². The molecule has 1 fully saturated rings. The fourth-order valence-corrected chi connectivity index (χ4v) is 4.20. The van der Waals surface area contributed by atoms with Crippen molar-refractivity contribution in [1.29, 1.82) is 0 Å². The first-order valence-corrected chi connectivity index (χ1v) is 10.2. The number of amides is 1.